The van der Waals surface area contributed by atoms with Crippen molar-refractivity contribution in [2.45, 2.75) is 24.7 Å². The fourth-order valence-corrected chi connectivity index (χ4v) is 6.14. The number of furan rings is 1. The third-order valence-corrected chi connectivity index (χ3v) is 8.25. The number of anilines is 2. The molecule has 13 nitrogen and oxygen atoms in total. The molecule has 0 bridgehead atoms. The van der Waals surface area contributed by atoms with E-state index < -0.39 is 27.2 Å². The Kier molecular flexibility index (Phi) is 7.52. The first-order chi connectivity index (χ1) is 19.6. The van der Waals surface area contributed by atoms with Crippen LogP contribution in [0.3, 0.4) is 0 Å². The van der Waals surface area contributed by atoms with Gasteiger partial charge in [-0.3, -0.25) is 9.29 Å². The first kappa shape index (κ1) is 27.9. The molecule has 1 saturated heterocycles. The van der Waals surface area contributed by atoms with E-state index in [1.165, 1.54) is 23.7 Å². The Balaban J connectivity index is 1.56. The molecular weight excluding hydrogens is 557 g/mol. The zero-order valence-corrected chi connectivity index (χ0v) is 23.1. The average molecular weight is 584 g/mol. The van der Waals surface area contributed by atoms with Crippen molar-refractivity contribution in [3.63, 3.8) is 0 Å². The Morgan fingerprint density at radius 3 is 2.54 bits per heavy atom. The van der Waals surface area contributed by atoms with Crippen LogP contribution in [-0.2, 0) is 10.0 Å². The van der Waals surface area contributed by atoms with Gasteiger partial charge in [0.15, 0.2) is 5.76 Å². The maximum absolute atomic E-state index is 13.8. The Morgan fingerprint density at radius 2 is 1.90 bits per heavy atom. The number of rotatable bonds is 8. The van der Waals surface area contributed by atoms with E-state index in [-0.39, 0.29) is 42.7 Å². The zero-order chi connectivity index (χ0) is 29.3. The van der Waals surface area contributed by atoms with Gasteiger partial charge in [-0.05, 0) is 43.7 Å². The molecule has 2 N–H and O–H groups in total. The van der Waals surface area contributed by atoms with E-state index >= 15 is 0 Å². The summed E-state index contributed by atoms with van der Waals surface area (Å²) in [6.07, 6.45) is -0.247. The fourth-order valence-electron chi connectivity index (χ4n) is 4.73. The van der Waals surface area contributed by atoms with Gasteiger partial charge in [-0.2, -0.15) is 5.26 Å². The number of aliphatic hydroxyl groups is 1. The van der Waals surface area contributed by atoms with Gasteiger partial charge in [-0.1, -0.05) is 6.07 Å². The predicted octanol–water partition coefficient (Wildman–Crippen LogP) is 2.64. The number of pyridine rings is 1. The number of sulfonamides is 1. The minimum Gasteiger partial charge on any atom is -0.494 e. The molecule has 1 aliphatic rings. The molecule has 4 heterocycles. The Morgan fingerprint density at radius 1 is 1.17 bits per heavy atom. The summed E-state index contributed by atoms with van der Waals surface area (Å²) in [5.41, 5.74) is 0.244. The number of aryl methyl sites for hydroxylation is 1. The number of nitrogens with zero attached hydrogens (tertiary/aromatic N) is 6. The summed E-state index contributed by atoms with van der Waals surface area (Å²) >= 11 is 0. The summed E-state index contributed by atoms with van der Waals surface area (Å²) in [5, 5.41) is 27.2. The number of ether oxygens (including phenoxy) is 2. The second kappa shape index (κ2) is 11.1. The smallest absolute Gasteiger partial charge is 0.243 e. The second-order valence-corrected chi connectivity index (χ2v) is 11.3. The van der Waals surface area contributed by atoms with Crippen molar-refractivity contribution in [2.24, 2.45) is 0 Å². The van der Waals surface area contributed by atoms with Crippen molar-refractivity contribution in [3.8, 4) is 34.8 Å². The van der Waals surface area contributed by atoms with Crippen LogP contribution >= 0.6 is 0 Å². The maximum Gasteiger partial charge on any atom is 0.243 e. The molecule has 0 amide bonds. The lowest BCUT2D eigenvalue weighted by Gasteiger charge is -2.36. The highest BCUT2D eigenvalue weighted by Crippen LogP contribution is 2.38. The summed E-state index contributed by atoms with van der Waals surface area (Å²) < 4.78 is 62.0. The number of β-amino-alcohol motifs (C(OH)–C–C–N with tert-alkyl or cyclic N) is 1. The largest absolute Gasteiger partial charge is 0.494 e. The van der Waals surface area contributed by atoms with Gasteiger partial charge < -0.3 is 23.9 Å². The monoisotopic (exact) mass is 583 g/mol. The highest BCUT2D eigenvalue weighted by atomic mass is 32.2. The quantitative estimate of drug-likeness (QED) is 0.313. The van der Waals surface area contributed by atoms with Crippen molar-refractivity contribution in [1.82, 2.24) is 19.7 Å². The molecule has 4 aromatic rings. The van der Waals surface area contributed by atoms with Crippen LogP contribution in [0, 0.1) is 24.1 Å². The molecule has 1 aliphatic heterocycles. The summed E-state index contributed by atoms with van der Waals surface area (Å²) in [5.74, 6) is 0.983. The summed E-state index contributed by atoms with van der Waals surface area (Å²) in [6, 6.07) is 11.3. The van der Waals surface area contributed by atoms with Gasteiger partial charge in [0.2, 0.25) is 21.8 Å². The SMILES string of the molecule is COc1cccc(OC)c1-n1c(NS(=O)(=O)[C@@H]2C[C@H](O)CN(c3ncc(F)cc3C#N)C2)nnc1-c1ccc(C)o1. The van der Waals surface area contributed by atoms with E-state index in [0.717, 1.165) is 12.3 Å². The van der Waals surface area contributed by atoms with Crippen molar-refractivity contribution in [3.05, 3.63) is 59.7 Å². The molecule has 0 saturated carbocycles. The van der Waals surface area contributed by atoms with E-state index in [2.05, 4.69) is 19.9 Å². The number of halogens is 1. The normalized spacial score (nSPS) is 17.2. The molecule has 1 fully saturated rings. The standard InChI is InChI=1S/C26H26FN7O6S/c1-15-7-8-22(40-15)25-30-31-26(34(25)23-20(38-2)5-4-6-21(23)39-3)32-41(36,37)19-10-18(35)13-33(14-19)24-16(11-28)9-17(27)12-29-24/h4-9,12,18-19,35H,10,13-14H2,1-3H3,(H,31,32)/t18-,19+/m0/s1. The van der Waals surface area contributed by atoms with Crippen LogP contribution in [-0.4, -0.2) is 71.9 Å². The van der Waals surface area contributed by atoms with Gasteiger partial charge in [0.05, 0.1) is 32.1 Å². The van der Waals surface area contributed by atoms with Crippen molar-refractivity contribution < 1.29 is 31.8 Å². The third-order valence-electron chi connectivity index (χ3n) is 6.56. The number of methoxy groups -OCH3 is 2. The first-order valence-corrected chi connectivity index (χ1v) is 13.9. The number of para-hydroxylation sites is 1. The molecule has 0 unspecified atom stereocenters. The van der Waals surface area contributed by atoms with Crippen LogP contribution < -0.4 is 19.1 Å². The van der Waals surface area contributed by atoms with Crippen molar-refractivity contribution in [2.75, 3.05) is 36.9 Å². The van der Waals surface area contributed by atoms with Gasteiger partial charge in [0, 0.05) is 13.1 Å². The van der Waals surface area contributed by atoms with E-state index in [0.29, 0.717) is 28.7 Å². The van der Waals surface area contributed by atoms with Crippen LogP contribution in [0.2, 0.25) is 0 Å². The molecule has 0 aliphatic carbocycles. The molecule has 15 heteroatoms. The molecule has 3 aromatic heterocycles. The summed E-state index contributed by atoms with van der Waals surface area (Å²) in [7, 11) is -1.33. The van der Waals surface area contributed by atoms with E-state index in [9.17, 15) is 23.2 Å². The lowest BCUT2D eigenvalue weighted by molar-refractivity contribution is 0.155. The van der Waals surface area contributed by atoms with Gasteiger partial charge in [0.1, 0.15) is 45.9 Å². The minimum atomic E-state index is -4.24. The van der Waals surface area contributed by atoms with Crippen LogP contribution in [0.1, 0.15) is 17.7 Å². The van der Waals surface area contributed by atoms with E-state index in [1.54, 1.807) is 37.3 Å². The fraction of sp³-hybridized carbons (Fsp3) is 0.308. The van der Waals surface area contributed by atoms with Gasteiger partial charge in [0.25, 0.3) is 0 Å². The summed E-state index contributed by atoms with van der Waals surface area (Å²) in [4.78, 5) is 5.42. The highest BCUT2D eigenvalue weighted by molar-refractivity contribution is 7.93. The van der Waals surface area contributed by atoms with Gasteiger partial charge >= 0.3 is 0 Å². The molecule has 0 radical (unpaired) electrons. The number of hydrogen-bond acceptors (Lipinski definition) is 11. The van der Waals surface area contributed by atoms with Crippen molar-refractivity contribution in [1.29, 1.82) is 5.26 Å². The summed E-state index contributed by atoms with van der Waals surface area (Å²) in [6.45, 7) is 1.64. The third kappa shape index (κ3) is 5.39. The average Bonchev–Trinajstić information content (AvgIpc) is 3.57. The Bertz CT molecular complexity index is 1710. The number of aliphatic hydroxyl groups excluding tert-OH is 1. The molecule has 0 spiro atoms. The molecule has 5 rings (SSSR count). The number of hydrogen-bond donors (Lipinski definition) is 2. The number of nitrogens with one attached hydrogen (secondary N) is 1. The number of benzene rings is 1. The Hall–Kier alpha value is -4.68. The highest BCUT2D eigenvalue weighted by Gasteiger charge is 2.38. The molecule has 214 valence electrons. The number of aromatic nitrogens is 4. The van der Waals surface area contributed by atoms with E-state index in [4.69, 9.17) is 13.9 Å². The maximum atomic E-state index is 13.8. The van der Waals surface area contributed by atoms with E-state index in [1.807, 2.05) is 6.07 Å². The molecule has 1 aromatic carbocycles. The van der Waals surface area contributed by atoms with Crippen LogP contribution in [0.25, 0.3) is 17.3 Å². The van der Waals surface area contributed by atoms with Crippen LogP contribution in [0.5, 0.6) is 11.5 Å². The zero-order valence-electron chi connectivity index (χ0n) is 22.3. The minimum absolute atomic E-state index is 0.00984. The first-order valence-electron chi connectivity index (χ1n) is 12.4. The van der Waals surface area contributed by atoms with Crippen LogP contribution in [0.4, 0.5) is 16.2 Å². The molecule has 2 atom stereocenters. The van der Waals surface area contributed by atoms with Gasteiger partial charge in [-0.25, -0.2) is 17.8 Å². The molecule has 41 heavy (non-hydrogen) atoms. The predicted molar refractivity (Wildman–Crippen MR) is 145 cm³/mol. The second-order valence-electron chi connectivity index (χ2n) is 9.30. The van der Waals surface area contributed by atoms with Gasteiger partial charge in [-0.15, -0.1) is 10.2 Å². The Labute approximate surface area is 234 Å². The lowest BCUT2D eigenvalue weighted by Crippen LogP contribution is -2.50. The lowest BCUT2D eigenvalue weighted by atomic mass is 10.1. The van der Waals surface area contributed by atoms with Crippen LogP contribution in [0.15, 0.2) is 47.0 Å². The number of nitriles is 1. The topological polar surface area (TPSA) is 169 Å². The van der Waals surface area contributed by atoms with Crippen molar-refractivity contribution >= 4 is 21.8 Å². The number of piperidine rings is 1. The molecular formula is C26H26FN7O6S.